The molecule has 2 aliphatic rings. The van der Waals surface area contributed by atoms with E-state index in [4.69, 9.17) is 4.98 Å². The van der Waals surface area contributed by atoms with E-state index in [-0.39, 0.29) is 12.1 Å². The lowest BCUT2D eigenvalue weighted by atomic mass is 9.87. The maximum atomic E-state index is 13.9. The molecule has 0 spiro atoms. The summed E-state index contributed by atoms with van der Waals surface area (Å²) in [6.45, 7) is 3.93. The van der Waals surface area contributed by atoms with Crippen LogP contribution in [0, 0.1) is 18.6 Å². The van der Waals surface area contributed by atoms with E-state index >= 15 is 0 Å². The molecule has 6 rings (SSSR count). The zero-order valence-electron chi connectivity index (χ0n) is 18.5. The number of aryl methyl sites for hydroxylation is 1. The largest absolute Gasteiger partial charge is 0.341 e. The second-order valence-corrected chi connectivity index (χ2v) is 8.62. The molecule has 11 heteroatoms. The number of nitrogens with zero attached hydrogens (tertiary/aromatic N) is 8. The minimum absolute atomic E-state index is 0.0133. The van der Waals surface area contributed by atoms with Gasteiger partial charge in [0.25, 0.3) is 0 Å². The van der Waals surface area contributed by atoms with Gasteiger partial charge in [0.15, 0.2) is 23.3 Å². The zero-order valence-corrected chi connectivity index (χ0v) is 18.5. The number of hydrogen-bond acceptors (Lipinski definition) is 6. The normalized spacial score (nSPS) is 21.2. The average molecular weight is 466 g/mol. The van der Waals surface area contributed by atoms with Crippen LogP contribution in [0.25, 0.3) is 23.0 Å². The molecule has 0 amide bonds. The fourth-order valence-electron chi connectivity index (χ4n) is 4.85. The summed E-state index contributed by atoms with van der Waals surface area (Å²) in [6.07, 6.45) is 5.67. The molecule has 8 nitrogen and oxygen atoms in total. The topological polar surface area (TPSA) is 77.5 Å². The van der Waals surface area contributed by atoms with E-state index in [1.807, 2.05) is 11.5 Å². The molecule has 174 valence electrons. The van der Waals surface area contributed by atoms with Crippen LogP contribution in [0.4, 0.5) is 19.0 Å². The highest BCUT2D eigenvalue weighted by atomic mass is 19.2. The van der Waals surface area contributed by atoms with E-state index in [9.17, 15) is 13.2 Å². The maximum absolute atomic E-state index is 13.9. The van der Waals surface area contributed by atoms with Crippen molar-refractivity contribution in [1.82, 2.24) is 34.3 Å². The summed E-state index contributed by atoms with van der Waals surface area (Å²) in [6, 6.07) is 3.49. The summed E-state index contributed by atoms with van der Waals surface area (Å²) in [7, 11) is 0. The predicted molar refractivity (Wildman–Crippen MR) is 118 cm³/mol. The van der Waals surface area contributed by atoms with Gasteiger partial charge in [0.05, 0.1) is 12.2 Å². The van der Waals surface area contributed by atoms with Crippen LogP contribution in [0.15, 0.2) is 36.8 Å². The summed E-state index contributed by atoms with van der Waals surface area (Å²) in [4.78, 5) is 15.9. The monoisotopic (exact) mass is 466 g/mol. The Balaban J connectivity index is 1.50. The Kier molecular flexibility index (Phi) is 4.68. The summed E-state index contributed by atoms with van der Waals surface area (Å²) in [5, 5.41) is 8.66. The molecule has 1 fully saturated rings. The average Bonchev–Trinajstić information content (AvgIpc) is 3.45. The fraction of sp³-hybridized carbons (Fsp3) is 0.348. The Labute approximate surface area is 193 Å². The van der Waals surface area contributed by atoms with E-state index in [2.05, 4.69) is 32.0 Å². The minimum atomic E-state index is -0.961. The van der Waals surface area contributed by atoms with Crippen LogP contribution in [0.1, 0.15) is 43.9 Å². The van der Waals surface area contributed by atoms with Crippen molar-refractivity contribution in [2.75, 3.05) is 4.90 Å². The Bertz CT molecular complexity index is 1390. The molecule has 1 unspecified atom stereocenters. The summed E-state index contributed by atoms with van der Waals surface area (Å²) >= 11 is 0. The van der Waals surface area contributed by atoms with Gasteiger partial charge >= 0.3 is 0 Å². The first-order valence-corrected chi connectivity index (χ1v) is 11.2. The third-order valence-corrected chi connectivity index (χ3v) is 6.58. The quantitative estimate of drug-likeness (QED) is 0.447. The van der Waals surface area contributed by atoms with Crippen molar-refractivity contribution >= 4 is 5.82 Å². The van der Waals surface area contributed by atoms with Crippen molar-refractivity contribution in [3.8, 4) is 23.0 Å². The molecule has 0 bridgehead atoms. The molecule has 0 N–H and O–H groups in total. The lowest BCUT2D eigenvalue weighted by Gasteiger charge is -2.46. The predicted octanol–water partition coefficient (Wildman–Crippen LogP) is 4.27. The first-order valence-electron chi connectivity index (χ1n) is 11.2. The number of imidazole rings is 1. The van der Waals surface area contributed by atoms with E-state index in [1.165, 1.54) is 6.07 Å². The molecule has 34 heavy (non-hydrogen) atoms. The second kappa shape index (κ2) is 7.64. The SMILES string of the molecule is CCC1c2nnc(C)n2-c2cnc(-n3ccnc3-c3ccc(F)c(F)c3)nc2N1C1CC(F)C1. The molecule has 1 aliphatic heterocycles. The Morgan fingerprint density at radius 1 is 1.09 bits per heavy atom. The van der Waals surface area contributed by atoms with Crippen LogP contribution in [-0.4, -0.2) is 46.5 Å². The van der Waals surface area contributed by atoms with Gasteiger partial charge < -0.3 is 4.90 Å². The lowest BCUT2D eigenvalue weighted by Crippen LogP contribution is -2.50. The summed E-state index contributed by atoms with van der Waals surface area (Å²) in [5.74, 6) is 0.970. The van der Waals surface area contributed by atoms with Gasteiger partial charge in [-0.1, -0.05) is 6.92 Å². The van der Waals surface area contributed by atoms with Crippen LogP contribution < -0.4 is 4.90 Å². The smallest absolute Gasteiger partial charge is 0.237 e. The minimum Gasteiger partial charge on any atom is -0.341 e. The lowest BCUT2D eigenvalue weighted by molar-refractivity contribution is 0.164. The fourth-order valence-corrected chi connectivity index (χ4v) is 4.85. The standard InChI is InChI=1S/C23H21F3N8/c1-3-18-22-31-30-12(2)33(22)19-11-28-23(29-21(19)34(18)15-9-14(24)10-15)32-7-6-27-20(32)13-4-5-16(25)17(26)8-13/h4-8,11,14-15,18H,3,9-10H2,1-2H3. The number of benzene rings is 1. The molecule has 4 heterocycles. The van der Waals surface area contributed by atoms with Crippen LogP contribution in [-0.2, 0) is 0 Å². The van der Waals surface area contributed by atoms with Crippen molar-refractivity contribution < 1.29 is 13.2 Å². The highest BCUT2D eigenvalue weighted by Crippen LogP contribution is 2.44. The van der Waals surface area contributed by atoms with Crippen molar-refractivity contribution in [2.45, 2.75) is 51.4 Å². The van der Waals surface area contributed by atoms with Gasteiger partial charge in [-0.05, 0) is 44.4 Å². The van der Waals surface area contributed by atoms with Gasteiger partial charge in [0.1, 0.15) is 23.5 Å². The maximum Gasteiger partial charge on any atom is 0.237 e. The van der Waals surface area contributed by atoms with Crippen molar-refractivity contribution in [3.05, 3.63) is 60.1 Å². The van der Waals surface area contributed by atoms with E-state index in [0.29, 0.717) is 41.8 Å². The highest BCUT2D eigenvalue weighted by Gasteiger charge is 2.43. The van der Waals surface area contributed by atoms with E-state index < -0.39 is 17.8 Å². The van der Waals surface area contributed by atoms with Crippen molar-refractivity contribution in [3.63, 3.8) is 0 Å². The number of fused-ring (bicyclic) bond motifs is 3. The Morgan fingerprint density at radius 3 is 2.65 bits per heavy atom. The molecule has 4 aromatic rings. The van der Waals surface area contributed by atoms with Crippen LogP contribution >= 0.6 is 0 Å². The number of aromatic nitrogens is 7. The third-order valence-electron chi connectivity index (χ3n) is 6.58. The van der Waals surface area contributed by atoms with Crippen LogP contribution in [0.2, 0.25) is 0 Å². The number of anilines is 1. The molecule has 3 aromatic heterocycles. The molecule has 0 radical (unpaired) electrons. The first-order chi connectivity index (χ1) is 16.5. The van der Waals surface area contributed by atoms with Crippen LogP contribution in [0.3, 0.4) is 0 Å². The summed E-state index contributed by atoms with van der Waals surface area (Å²) < 4.78 is 44.8. The van der Waals surface area contributed by atoms with Crippen molar-refractivity contribution in [2.24, 2.45) is 0 Å². The van der Waals surface area contributed by atoms with Gasteiger partial charge in [-0.2, -0.15) is 4.98 Å². The number of alkyl halides is 1. The van der Waals surface area contributed by atoms with Crippen molar-refractivity contribution in [1.29, 1.82) is 0 Å². The molecule has 1 saturated carbocycles. The van der Waals surface area contributed by atoms with Gasteiger partial charge in [-0.15, -0.1) is 10.2 Å². The first kappa shape index (κ1) is 20.8. The number of halogens is 3. The molecule has 0 saturated heterocycles. The van der Waals surface area contributed by atoms with Gasteiger partial charge in [-0.3, -0.25) is 9.13 Å². The van der Waals surface area contributed by atoms with Gasteiger partial charge in [-0.25, -0.2) is 23.1 Å². The number of hydrogen-bond donors (Lipinski definition) is 0. The molecule has 1 aromatic carbocycles. The Morgan fingerprint density at radius 2 is 1.91 bits per heavy atom. The number of rotatable bonds is 4. The third kappa shape index (κ3) is 3.02. The molecule has 1 atom stereocenters. The van der Waals surface area contributed by atoms with E-state index in [0.717, 1.165) is 30.1 Å². The van der Waals surface area contributed by atoms with Crippen LogP contribution in [0.5, 0.6) is 0 Å². The molecular weight excluding hydrogens is 445 g/mol. The molecule has 1 aliphatic carbocycles. The molecular formula is C23H21F3N8. The second-order valence-electron chi connectivity index (χ2n) is 8.62. The zero-order chi connectivity index (χ0) is 23.6. The Hall–Kier alpha value is -3.76. The highest BCUT2D eigenvalue weighted by molar-refractivity contribution is 5.64. The van der Waals surface area contributed by atoms with Gasteiger partial charge in [0.2, 0.25) is 5.95 Å². The van der Waals surface area contributed by atoms with Gasteiger partial charge in [0, 0.05) is 24.0 Å². The summed E-state index contributed by atoms with van der Waals surface area (Å²) in [5.41, 5.74) is 1.12. The van der Waals surface area contributed by atoms with E-state index in [1.54, 1.807) is 23.2 Å².